The molecule has 4 bridgehead atoms. The summed E-state index contributed by atoms with van der Waals surface area (Å²) in [6.07, 6.45) is 14.3. The third-order valence-corrected chi connectivity index (χ3v) is 12.2. The van der Waals surface area contributed by atoms with E-state index in [0.717, 1.165) is 60.8 Å². The zero-order valence-corrected chi connectivity index (χ0v) is 27.5. The summed E-state index contributed by atoms with van der Waals surface area (Å²) in [4.78, 5) is 29.0. The molecule has 0 spiro atoms. The van der Waals surface area contributed by atoms with Gasteiger partial charge in [-0.3, -0.25) is 13.9 Å². The van der Waals surface area contributed by atoms with Crippen molar-refractivity contribution in [1.29, 1.82) is 0 Å². The average Bonchev–Trinajstić information content (AvgIpc) is 2.98. The molecule has 2 amide bonds. The second-order valence-electron chi connectivity index (χ2n) is 14.5. The number of sulfonamides is 1. The molecular weight excluding hydrogens is 570 g/mol. The molecule has 1 atom stereocenters. The topological polar surface area (TPSA) is 86.8 Å². The standard InChI is InChI=1S/C36H49N3O4S/c1-25-9-11-27(12-10-25)23-38(26(2)35(41)37-32-7-5-4-6-8-32)34(40)24-39(44(3,42)43)33-15-13-31(14-16-33)36-20-28-17-29(21-36)19-30(18-28)22-36/h9-16,26,28-30,32H,4-8,17-24H2,1-3H3,(H,37,41). The molecule has 44 heavy (non-hydrogen) atoms. The largest absolute Gasteiger partial charge is 0.352 e. The number of benzene rings is 2. The Morgan fingerprint density at radius 3 is 2.00 bits per heavy atom. The third kappa shape index (κ3) is 6.70. The number of nitrogens with zero attached hydrogens (tertiary/aromatic N) is 2. The SMILES string of the molecule is Cc1ccc(CN(C(=O)CN(c2ccc(C34CC5CC(CC(C5)C3)C4)cc2)S(C)(=O)=O)C(C)C(=O)NC2CCCCC2)cc1. The van der Waals surface area contributed by atoms with Gasteiger partial charge in [0, 0.05) is 12.6 Å². The fraction of sp³-hybridized carbons (Fsp3) is 0.611. The lowest BCUT2D eigenvalue weighted by molar-refractivity contribution is -0.139. The van der Waals surface area contributed by atoms with Gasteiger partial charge in [-0.05, 0) is 112 Å². The molecule has 2 aromatic carbocycles. The summed E-state index contributed by atoms with van der Waals surface area (Å²) in [5.41, 5.74) is 4.02. The monoisotopic (exact) mass is 619 g/mol. The maximum atomic E-state index is 14.0. The van der Waals surface area contributed by atoms with Crippen molar-refractivity contribution in [2.75, 3.05) is 17.1 Å². The van der Waals surface area contributed by atoms with E-state index in [-0.39, 0.29) is 30.5 Å². The summed E-state index contributed by atoms with van der Waals surface area (Å²) >= 11 is 0. The summed E-state index contributed by atoms with van der Waals surface area (Å²) in [5.74, 6) is 1.88. The number of nitrogens with one attached hydrogen (secondary N) is 1. The Balaban J connectivity index is 1.22. The highest BCUT2D eigenvalue weighted by Gasteiger charge is 2.51. The Hall–Kier alpha value is -2.87. The van der Waals surface area contributed by atoms with Crippen LogP contribution in [-0.2, 0) is 31.6 Å². The van der Waals surface area contributed by atoms with Crippen LogP contribution in [0.5, 0.6) is 0 Å². The van der Waals surface area contributed by atoms with Crippen LogP contribution < -0.4 is 9.62 Å². The molecule has 5 aliphatic carbocycles. The predicted octanol–water partition coefficient (Wildman–Crippen LogP) is 6.10. The van der Waals surface area contributed by atoms with E-state index >= 15 is 0 Å². The molecule has 8 heteroatoms. The van der Waals surface area contributed by atoms with Gasteiger partial charge in [-0.25, -0.2) is 8.42 Å². The molecule has 238 valence electrons. The maximum absolute atomic E-state index is 14.0. The number of hydrogen-bond donors (Lipinski definition) is 1. The molecule has 7 rings (SSSR count). The van der Waals surface area contributed by atoms with Gasteiger partial charge in [0.1, 0.15) is 12.6 Å². The quantitative estimate of drug-likeness (QED) is 0.349. The molecule has 5 aliphatic rings. The normalized spacial score (nSPS) is 27.1. The smallest absolute Gasteiger partial charge is 0.244 e. The summed E-state index contributed by atoms with van der Waals surface area (Å²) in [6, 6.07) is 15.2. The Morgan fingerprint density at radius 2 is 1.45 bits per heavy atom. The van der Waals surface area contributed by atoms with Gasteiger partial charge in [0.2, 0.25) is 21.8 Å². The fourth-order valence-corrected chi connectivity index (χ4v) is 9.95. The van der Waals surface area contributed by atoms with Gasteiger partial charge in [-0.15, -0.1) is 0 Å². The molecule has 0 heterocycles. The van der Waals surface area contributed by atoms with E-state index in [1.807, 2.05) is 43.3 Å². The molecule has 0 aromatic heterocycles. The van der Waals surface area contributed by atoms with E-state index in [2.05, 4.69) is 17.4 Å². The number of hydrogen-bond acceptors (Lipinski definition) is 4. The van der Waals surface area contributed by atoms with Crippen LogP contribution in [0, 0.1) is 24.7 Å². The second kappa shape index (κ2) is 12.5. The van der Waals surface area contributed by atoms with E-state index in [9.17, 15) is 18.0 Å². The maximum Gasteiger partial charge on any atom is 0.244 e. The van der Waals surface area contributed by atoms with Gasteiger partial charge in [-0.2, -0.15) is 0 Å². The highest BCUT2D eigenvalue weighted by Crippen LogP contribution is 2.60. The zero-order valence-electron chi connectivity index (χ0n) is 26.6. The number of aryl methyl sites for hydroxylation is 1. The van der Waals surface area contributed by atoms with Crippen LogP contribution in [0.2, 0.25) is 0 Å². The van der Waals surface area contributed by atoms with Gasteiger partial charge in [0.25, 0.3) is 0 Å². The van der Waals surface area contributed by atoms with Crippen LogP contribution in [0.1, 0.15) is 94.2 Å². The highest BCUT2D eigenvalue weighted by atomic mass is 32.2. The van der Waals surface area contributed by atoms with Crippen molar-refractivity contribution in [1.82, 2.24) is 10.2 Å². The summed E-state index contributed by atoms with van der Waals surface area (Å²) in [6.45, 7) is 3.62. The van der Waals surface area contributed by atoms with Crippen molar-refractivity contribution in [3.05, 3.63) is 65.2 Å². The van der Waals surface area contributed by atoms with Crippen molar-refractivity contribution < 1.29 is 18.0 Å². The first kappa shape index (κ1) is 31.1. The number of carbonyl (C=O) groups is 2. The number of anilines is 1. The Labute approximate surface area is 263 Å². The first-order valence-electron chi connectivity index (χ1n) is 16.7. The lowest BCUT2D eigenvalue weighted by Gasteiger charge is -2.57. The van der Waals surface area contributed by atoms with Gasteiger partial charge in [-0.1, -0.05) is 61.2 Å². The minimum atomic E-state index is -3.77. The summed E-state index contributed by atoms with van der Waals surface area (Å²) in [7, 11) is -3.77. The summed E-state index contributed by atoms with van der Waals surface area (Å²) in [5, 5.41) is 3.16. The molecule has 1 unspecified atom stereocenters. The van der Waals surface area contributed by atoms with Gasteiger partial charge >= 0.3 is 0 Å². The Bertz CT molecular complexity index is 1410. The van der Waals surface area contributed by atoms with E-state index in [4.69, 9.17) is 0 Å². The second-order valence-corrected chi connectivity index (χ2v) is 16.4. The van der Waals surface area contributed by atoms with Crippen LogP contribution in [0.3, 0.4) is 0 Å². The van der Waals surface area contributed by atoms with Gasteiger partial charge in [0.15, 0.2) is 0 Å². The molecule has 5 fully saturated rings. The lowest BCUT2D eigenvalue weighted by Crippen LogP contribution is -2.53. The van der Waals surface area contributed by atoms with Gasteiger partial charge < -0.3 is 10.2 Å². The van der Waals surface area contributed by atoms with Crippen LogP contribution in [0.25, 0.3) is 0 Å². The number of carbonyl (C=O) groups excluding carboxylic acids is 2. The van der Waals surface area contributed by atoms with E-state index < -0.39 is 22.0 Å². The molecular formula is C36H49N3O4S. The van der Waals surface area contributed by atoms with E-state index in [1.54, 1.807) is 6.92 Å². The molecule has 5 saturated carbocycles. The van der Waals surface area contributed by atoms with Crippen molar-refractivity contribution in [2.45, 2.75) is 109 Å². The molecule has 2 aromatic rings. The van der Waals surface area contributed by atoms with Crippen molar-refractivity contribution in [2.24, 2.45) is 17.8 Å². The van der Waals surface area contributed by atoms with Gasteiger partial charge in [0.05, 0.1) is 11.9 Å². The zero-order chi connectivity index (χ0) is 31.1. The van der Waals surface area contributed by atoms with Crippen molar-refractivity contribution >= 4 is 27.5 Å². The van der Waals surface area contributed by atoms with Crippen LogP contribution in [0.4, 0.5) is 5.69 Å². The minimum absolute atomic E-state index is 0.120. The average molecular weight is 620 g/mol. The fourth-order valence-electron chi connectivity index (χ4n) is 9.10. The van der Waals surface area contributed by atoms with Crippen molar-refractivity contribution in [3.8, 4) is 0 Å². The van der Waals surface area contributed by atoms with Crippen molar-refractivity contribution in [3.63, 3.8) is 0 Å². The number of amides is 2. The van der Waals surface area contributed by atoms with Crippen LogP contribution in [-0.4, -0.2) is 50.0 Å². The first-order valence-corrected chi connectivity index (χ1v) is 18.6. The molecule has 0 aliphatic heterocycles. The molecule has 7 nitrogen and oxygen atoms in total. The van der Waals surface area contributed by atoms with E-state index in [1.165, 1.54) is 59.7 Å². The third-order valence-electron chi connectivity index (χ3n) is 11.1. The highest BCUT2D eigenvalue weighted by molar-refractivity contribution is 7.92. The van der Waals surface area contributed by atoms with Crippen LogP contribution in [0.15, 0.2) is 48.5 Å². The molecule has 1 N–H and O–H groups in total. The molecule has 0 saturated heterocycles. The van der Waals surface area contributed by atoms with E-state index in [0.29, 0.717) is 5.69 Å². The number of rotatable bonds is 10. The lowest BCUT2D eigenvalue weighted by atomic mass is 9.48. The Kier molecular flexibility index (Phi) is 8.84. The Morgan fingerprint density at radius 1 is 0.886 bits per heavy atom. The van der Waals surface area contributed by atoms with Crippen LogP contribution >= 0.6 is 0 Å². The molecule has 0 radical (unpaired) electrons. The summed E-state index contributed by atoms with van der Waals surface area (Å²) < 4.78 is 27.5. The minimum Gasteiger partial charge on any atom is -0.352 e. The predicted molar refractivity (Wildman–Crippen MR) is 175 cm³/mol. The first-order chi connectivity index (χ1) is 21.0.